The van der Waals surface area contributed by atoms with Crippen LogP contribution in [0.4, 0.5) is 0 Å². The van der Waals surface area contributed by atoms with Crippen LogP contribution in [0.5, 0.6) is 0 Å². The highest BCUT2D eigenvalue weighted by molar-refractivity contribution is 9.11. The zero-order valence-electron chi connectivity index (χ0n) is 11.5. The lowest BCUT2D eigenvalue weighted by Crippen LogP contribution is -2.38. The zero-order chi connectivity index (χ0) is 15.4. The molecular weight excluding hydrogens is 402 g/mol. The monoisotopic (exact) mass is 417 g/mol. The molecule has 0 bridgehead atoms. The highest BCUT2D eigenvalue weighted by atomic mass is 79.9. The van der Waals surface area contributed by atoms with Crippen molar-refractivity contribution >= 4 is 43.7 Å². The lowest BCUT2D eigenvalue weighted by atomic mass is 9.92. The van der Waals surface area contributed by atoms with Gasteiger partial charge in [-0.25, -0.2) is 0 Å². The van der Waals surface area contributed by atoms with Crippen molar-refractivity contribution in [3.8, 4) is 0 Å². The molecule has 0 spiro atoms. The average molecular weight is 419 g/mol. The van der Waals surface area contributed by atoms with Crippen molar-refractivity contribution in [2.45, 2.75) is 25.7 Å². The molecule has 2 rings (SSSR count). The number of amides is 1. The Kier molecular flexibility index (Phi) is 5.81. The maximum absolute atomic E-state index is 12.5. The summed E-state index contributed by atoms with van der Waals surface area (Å²) in [5.41, 5.74) is 0.669. The Labute approximate surface area is 140 Å². The number of hydrogen-bond acceptors (Lipinski definition) is 2. The third-order valence-corrected chi connectivity index (χ3v) is 4.98. The minimum Gasteiger partial charge on any atom is -0.481 e. The summed E-state index contributed by atoms with van der Waals surface area (Å²) in [5, 5.41) is 8.71. The van der Waals surface area contributed by atoms with Gasteiger partial charge in [0, 0.05) is 28.5 Å². The van der Waals surface area contributed by atoms with Gasteiger partial charge in [-0.2, -0.15) is 0 Å². The van der Waals surface area contributed by atoms with Gasteiger partial charge in [-0.3, -0.25) is 9.59 Å². The van der Waals surface area contributed by atoms with Gasteiger partial charge >= 0.3 is 5.97 Å². The smallest absolute Gasteiger partial charge is 0.303 e. The molecule has 1 aliphatic rings. The van der Waals surface area contributed by atoms with E-state index in [0.717, 1.165) is 21.8 Å². The molecular formula is C15H17Br2NO3. The number of aliphatic carboxylic acids is 1. The van der Waals surface area contributed by atoms with Crippen molar-refractivity contribution in [1.29, 1.82) is 0 Å². The summed E-state index contributed by atoms with van der Waals surface area (Å²) >= 11 is 6.80. The Bertz CT molecular complexity index is 540. The SMILES string of the molecule is O=C(O)CCC1CCN(C(=O)c2ccc(Br)cc2Br)CC1. The quantitative estimate of drug-likeness (QED) is 0.805. The van der Waals surface area contributed by atoms with Gasteiger partial charge in [-0.05, 0) is 59.3 Å². The van der Waals surface area contributed by atoms with E-state index in [9.17, 15) is 9.59 Å². The molecule has 0 atom stereocenters. The van der Waals surface area contributed by atoms with Crippen molar-refractivity contribution < 1.29 is 14.7 Å². The van der Waals surface area contributed by atoms with Crippen LogP contribution < -0.4 is 0 Å². The third kappa shape index (κ3) is 4.54. The highest BCUT2D eigenvalue weighted by Gasteiger charge is 2.25. The molecule has 0 aliphatic carbocycles. The Morgan fingerprint density at radius 1 is 1.24 bits per heavy atom. The standard InChI is InChI=1S/C15H17Br2NO3/c16-11-2-3-12(13(17)9-11)15(21)18-7-5-10(6-8-18)1-4-14(19)20/h2-3,9-10H,1,4-8H2,(H,19,20). The number of carbonyl (C=O) groups excluding carboxylic acids is 1. The molecule has 1 saturated heterocycles. The Balaban J connectivity index is 1.92. The van der Waals surface area contributed by atoms with Gasteiger partial charge in [0.2, 0.25) is 0 Å². The van der Waals surface area contributed by atoms with Crippen LogP contribution in [0.25, 0.3) is 0 Å². The first-order valence-electron chi connectivity index (χ1n) is 6.93. The molecule has 4 nitrogen and oxygen atoms in total. The maximum Gasteiger partial charge on any atom is 0.303 e. The zero-order valence-corrected chi connectivity index (χ0v) is 14.7. The molecule has 0 saturated carbocycles. The fraction of sp³-hybridized carbons (Fsp3) is 0.467. The molecule has 1 N–H and O–H groups in total. The highest BCUT2D eigenvalue weighted by Crippen LogP contribution is 2.26. The second-order valence-corrected chi connectivity index (χ2v) is 7.06. The minimum atomic E-state index is -0.743. The summed E-state index contributed by atoms with van der Waals surface area (Å²) < 4.78 is 1.72. The number of likely N-dealkylation sites (tertiary alicyclic amines) is 1. The van der Waals surface area contributed by atoms with Gasteiger partial charge in [-0.1, -0.05) is 15.9 Å². The largest absolute Gasteiger partial charge is 0.481 e. The van der Waals surface area contributed by atoms with E-state index in [1.165, 1.54) is 0 Å². The fourth-order valence-corrected chi connectivity index (χ4v) is 3.80. The molecule has 1 aromatic rings. The van der Waals surface area contributed by atoms with Gasteiger partial charge in [0.1, 0.15) is 0 Å². The molecule has 1 amide bonds. The minimum absolute atomic E-state index is 0.0334. The normalized spacial score (nSPS) is 16.0. The van der Waals surface area contributed by atoms with E-state index < -0.39 is 5.97 Å². The van der Waals surface area contributed by atoms with Gasteiger partial charge in [0.25, 0.3) is 5.91 Å². The molecule has 6 heteroatoms. The number of carbonyl (C=O) groups is 2. The van der Waals surface area contributed by atoms with Crippen LogP contribution in [0.15, 0.2) is 27.1 Å². The van der Waals surface area contributed by atoms with Crippen LogP contribution in [0.2, 0.25) is 0 Å². The number of carboxylic acid groups (broad SMARTS) is 1. The lowest BCUT2D eigenvalue weighted by Gasteiger charge is -2.32. The van der Waals surface area contributed by atoms with E-state index >= 15 is 0 Å². The number of hydrogen-bond donors (Lipinski definition) is 1. The van der Waals surface area contributed by atoms with Crippen LogP contribution in [0.1, 0.15) is 36.0 Å². The van der Waals surface area contributed by atoms with Gasteiger partial charge in [0.05, 0.1) is 5.56 Å². The molecule has 1 aromatic carbocycles. The molecule has 0 radical (unpaired) electrons. The lowest BCUT2D eigenvalue weighted by molar-refractivity contribution is -0.137. The van der Waals surface area contributed by atoms with Crippen LogP contribution >= 0.6 is 31.9 Å². The van der Waals surface area contributed by atoms with E-state index in [1.54, 1.807) is 0 Å². The number of rotatable bonds is 4. The summed E-state index contributed by atoms with van der Waals surface area (Å²) in [7, 11) is 0. The number of nitrogens with zero attached hydrogens (tertiary/aromatic N) is 1. The van der Waals surface area contributed by atoms with Crippen molar-refractivity contribution in [3.05, 3.63) is 32.7 Å². The molecule has 0 unspecified atom stereocenters. The van der Waals surface area contributed by atoms with E-state index in [-0.39, 0.29) is 12.3 Å². The first kappa shape index (κ1) is 16.5. The van der Waals surface area contributed by atoms with Crippen LogP contribution in [0.3, 0.4) is 0 Å². The van der Waals surface area contributed by atoms with E-state index in [0.29, 0.717) is 31.0 Å². The molecule has 114 valence electrons. The van der Waals surface area contributed by atoms with Gasteiger partial charge in [-0.15, -0.1) is 0 Å². The van der Waals surface area contributed by atoms with Gasteiger partial charge < -0.3 is 10.0 Å². The van der Waals surface area contributed by atoms with Crippen molar-refractivity contribution in [3.63, 3.8) is 0 Å². The first-order chi connectivity index (χ1) is 9.97. The van der Waals surface area contributed by atoms with Crippen LogP contribution in [-0.4, -0.2) is 35.0 Å². The Morgan fingerprint density at radius 2 is 1.90 bits per heavy atom. The summed E-state index contributed by atoms with van der Waals surface area (Å²) in [6.45, 7) is 1.40. The van der Waals surface area contributed by atoms with E-state index in [1.807, 2.05) is 23.1 Å². The second kappa shape index (κ2) is 7.40. The Morgan fingerprint density at radius 3 is 2.48 bits per heavy atom. The van der Waals surface area contributed by atoms with Crippen molar-refractivity contribution in [1.82, 2.24) is 4.90 Å². The third-order valence-electron chi connectivity index (χ3n) is 3.83. The molecule has 1 fully saturated rings. The summed E-state index contributed by atoms with van der Waals surface area (Å²) in [5.74, 6) is -0.295. The second-order valence-electron chi connectivity index (χ2n) is 5.29. The predicted octanol–water partition coefficient (Wildman–Crippen LogP) is 3.93. The number of benzene rings is 1. The van der Waals surface area contributed by atoms with Crippen molar-refractivity contribution in [2.24, 2.45) is 5.92 Å². The van der Waals surface area contributed by atoms with E-state index in [2.05, 4.69) is 31.9 Å². The first-order valence-corrected chi connectivity index (χ1v) is 8.52. The fourth-order valence-electron chi connectivity index (χ4n) is 2.59. The molecule has 1 aliphatic heterocycles. The number of piperidine rings is 1. The number of carboxylic acids is 1. The molecule has 1 heterocycles. The number of halogens is 2. The summed E-state index contributed by atoms with van der Waals surface area (Å²) in [6, 6.07) is 5.54. The molecule has 0 aromatic heterocycles. The van der Waals surface area contributed by atoms with Gasteiger partial charge in [0.15, 0.2) is 0 Å². The summed E-state index contributed by atoms with van der Waals surface area (Å²) in [6.07, 6.45) is 2.69. The Hall–Kier alpha value is -0.880. The molecule has 21 heavy (non-hydrogen) atoms. The average Bonchev–Trinajstić information content (AvgIpc) is 2.45. The summed E-state index contributed by atoms with van der Waals surface area (Å²) in [4.78, 5) is 24.9. The van der Waals surface area contributed by atoms with Crippen LogP contribution in [-0.2, 0) is 4.79 Å². The topological polar surface area (TPSA) is 57.6 Å². The van der Waals surface area contributed by atoms with E-state index in [4.69, 9.17) is 5.11 Å². The van der Waals surface area contributed by atoms with Crippen LogP contribution in [0, 0.1) is 5.92 Å². The maximum atomic E-state index is 12.5. The predicted molar refractivity (Wildman–Crippen MR) is 87.3 cm³/mol. The van der Waals surface area contributed by atoms with Crippen molar-refractivity contribution in [2.75, 3.05) is 13.1 Å².